The fourth-order valence-electron chi connectivity index (χ4n) is 1.43. The fraction of sp³-hybridized carbons (Fsp3) is 0.0909. The third-order valence-corrected chi connectivity index (χ3v) is 2.12. The minimum atomic E-state index is -0.0800. The first-order chi connectivity index (χ1) is 6.83. The number of carbonyl (C=O) groups excluding carboxylic acids is 1. The third-order valence-electron chi connectivity index (χ3n) is 2.12. The molecule has 0 aliphatic rings. The minimum Gasteiger partial charge on any atom is -0.355 e. The Kier molecular flexibility index (Phi) is 5.78. The van der Waals surface area contributed by atoms with E-state index in [-0.39, 0.29) is 30.7 Å². The molecule has 0 aliphatic carbocycles. The highest BCUT2D eigenvalue weighted by atomic mass is 35.5. The van der Waals surface area contributed by atoms with Gasteiger partial charge in [-0.15, -0.1) is 24.8 Å². The first kappa shape index (κ1) is 14.7. The van der Waals surface area contributed by atoms with Crippen LogP contribution in [0.4, 0.5) is 0 Å². The summed E-state index contributed by atoms with van der Waals surface area (Å²) in [5.74, 6) is -0.0800. The molecule has 1 N–H and O–H groups in total. The number of carbonyl (C=O) groups is 1. The van der Waals surface area contributed by atoms with E-state index in [1.165, 1.54) is 0 Å². The number of fused-ring (bicyclic) bond motifs is 1. The van der Waals surface area contributed by atoms with Crippen molar-refractivity contribution in [1.82, 2.24) is 10.3 Å². The van der Waals surface area contributed by atoms with E-state index in [4.69, 9.17) is 0 Å². The van der Waals surface area contributed by atoms with Crippen LogP contribution in [0.2, 0.25) is 0 Å². The summed E-state index contributed by atoms with van der Waals surface area (Å²) in [6.07, 6.45) is 1.65. The van der Waals surface area contributed by atoms with E-state index in [9.17, 15) is 4.79 Å². The lowest BCUT2D eigenvalue weighted by molar-refractivity contribution is 0.0964. The van der Waals surface area contributed by atoms with Crippen LogP contribution in [0.3, 0.4) is 0 Å². The summed E-state index contributed by atoms with van der Waals surface area (Å²) >= 11 is 0. The van der Waals surface area contributed by atoms with Gasteiger partial charge in [0.2, 0.25) is 0 Å². The van der Waals surface area contributed by atoms with Crippen LogP contribution in [0, 0.1) is 0 Å². The van der Waals surface area contributed by atoms with Gasteiger partial charge in [-0.25, -0.2) is 0 Å². The average Bonchev–Trinajstić information content (AvgIpc) is 2.27. The topological polar surface area (TPSA) is 42.0 Å². The van der Waals surface area contributed by atoms with Gasteiger partial charge in [0.05, 0.1) is 11.1 Å². The molecule has 0 atom stereocenters. The number of hydrogen-bond acceptors (Lipinski definition) is 2. The SMILES string of the molecule is CNC(=O)c1ccnc2ccccc12.Cl.Cl. The van der Waals surface area contributed by atoms with E-state index >= 15 is 0 Å². The molecule has 3 nitrogen and oxygen atoms in total. The van der Waals surface area contributed by atoms with E-state index in [1.807, 2.05) is 24.3 Å². The van der Waals surface area contributed by atoms with Crippen LogP contribution in [-0.4, -0.2) is 17.9 Å². The van der Waals surface area contributed by atoms with E-state index in [1.54, 1.807) is 19.3 Å². The smallest absolute Gasteiger partial charge is 0.251 e. The monoisotopic (exact) mass is 258 g/mol. The lowest BCUT2D eigenvalue weighted by Gasteiger charge is -2.03. The number of aromatic nitrogens is 1. The van der Waals surface area contributed by atoms with Gasteiger partial charge in [-0.2, -0.15) is 0 Å². The maximum atomic E-state index is 11.5. The highest BCUT2D eigenvalue weighted by Gasteiger charge is 2.07. The normalized spacial score (nSPS) is 8.81. The zero-order valence-electron chi connectivity index (χ0n) is 8.64. The highest BCUT2D eigenvalue weighted by molar-refractivity contribution is 6.05. The van der Waals surface area contributed by atoms with E-state index < -0.39 is 0 Å². The van der Waals surface area contributed by atoms with Crippen molar-refractivity contribution >= 4 is 41.6 Å². The van der Waals surface area contributed by atoms with Gasteiger partial charge in [-0.05, 0) is 12.1 Å². The predicted molar refractivity (Wildman–Crippen MR) is 69.6 cm³/mol. The molecule has 0 radical (unpaired) electrons. The maximum absolute atomic E-state index is 11.5. The van der Waals surface area contributed by atoms with Gasteiger partial charge in [0.15, 0.2) is 0 Å². The molecule has 0 saturated heterocycles. The molecule has 1 aromatic heterocycles. The number of para-hydroxylation sites is 1. The van der Waals surface area contributed by atoms with Crippen molar-refractivity contribution in [3.8, 4) is 0 Å². The molecular formula is C11H12Cl2N2O. The quantitative estimate of drug-likeness (QED) is 0.854. The number of nitrogens with zero attached hydrogens (tertiary/aromatic N) is 1. The van der Waals surface area contributed by atoms with Crippen LogP contribution in [0.25, 0.3) is 10.9 Å². The summed E-state index contributed by atoms with van der Waals surface area (Å²) < 4.78 is 0. The van der Waals surface area contributed by atoms with Crippen LogP contribution >= 0.6 is 24.8 Å². The summed E-state index contributed by atoms with van der Waals surface area (Å²) in [5.41, 5.74) is 1.51. The van der Waals surface area contributed by atoms with Gasteiger partial charge in [0, 0.05) is 18.6 Å². The zero-order chi connectivity index (χ0) is 9.97. The van der Waals surface area contributed by atoms with Crippen LogP contribution in [-0.2, 0) is 0 Å². The minimum absolute atomic E-state index is 0. The number of nitrogens with one attached hydrogen (secondary N) is 1. The van der Waals surface area contributed by atoms with Gasteiger partial charge in [0.1, 0.15) is 0 Å². The second-order valence-corrected chi connectivity index (χ2v) is 2.95. The van der Waals surface area contributed by atoms with Crippen molar-refractivity contribution in [2.45, 2.75) is 0 Å². The maximum Gasteiger partial charge on any atom is 0.251 e. The van der Waals surface area contributed by atoms with Crippen molar-refractivity contribution in [3.63, 3.8) is 0 Å². The third kappa shape index (κ3) is 2.62. The van der Waals surface area contributed by atoms with Crippen molar-refractivity contribution in [2.24, 2.45) is 0 Å². The number of hydrogen-bond donors (Lipinski definition) is 1. The van der Waals surface area contributed by atoms with Gasteiger partial charge >= 0.3 is 0 Å². The number of pyridine rings is 1. The number of benzene rings is 1. The molecule has 5 heteroatoms. The van der Waals surface area contributed by atoms with Crippen LogP contribution in [0.1, 0.15) is 10.4 Å². The summed E-state index contributed by atoms with van der Waals surface area (Å²) in [6.45, 7) is 0. The van der Waals surface area contributed by atoms with E-state index in [0.717, 1.165) is 10.9 Å². The molecule has 0 spiro atoms. The van der Waals surface area contributed by atoms with Gasteiger partial charge in [-0.3, -0.25) is 9.78 Å². The van der Waals surface area contributed by atoms with Crippen LogP contribution < -0.4 is 5.32 Å². The Balaban J connectivity index is 0.00000112. The summed E-state index contributed by atoms with van der Waals surface area (Å²) in [6, 6.07) is 9.31. The number of rotatable bonds is 1. The molecule has 0 fully saturated rings. The second-order valence-electron chi connectivity index (χ2n) is 2.95. The first-order valence-corrected chi connectivity index (χ1v) is 4.39. The van der Waals surface area contributed by atoms with E-state index in [2.05, 4.69) is 10.3 Å². The van der Waals surface area contributed by atoms with E-state index in [0.29, 0.717) is 5.56 Å². The Labute approximate surface area is 106 Å². The fourth-order valence-corrected chi connectivity index (χ4v) is 1.43. The molecule has 1 aromatic carbocycles. The summed E-state index contributed by atoms with van der Waals surface area (Å²) in [5, 5.41) is 3.49. The molecule has 16 heavy (non-hydrogen) atoms. The first-order valence-electron chi connectivity index (χ1n) is 4.39. The highest BCUT2D eigenvalue weighted by Crippen LogP contribution is 2.15. The summed E-state index contributed by atoms with van der Waals surface area (Å²) in [7, 11) is 1.62. The molecule has 1 amide bonds. The molecule has 0 bridgehead atoms. The molecule has 2 rings (SSSR count). The Hall–Kier alpha value is -1.32. The molecule has 2 aromatic rings. The zero-order valence-corrected chi connectivity index (χ0v) is 10.3. The van der Waals surface area contributed by atoms with Crippen LogP contribution in [0.5, 0.6) is 0 Å². The molecule has 0 unspecified atom stereocenters. The molecule has 0 saturated carbocycles. The van der Waals surface area contributed by atoms with Crippen molar-refractivity contribution in [2.75, 3.05) is 7.05 Å². The van der Waals surface area contributed by atoms with Crippen LogP contribution in [0.15, 0.2) is 36.5 Å². The Morgan fingerprint density at radius 2 is 1.88 bits per heavy atom. The molecular weight excluding hydrogens is 247 g/mol. The second kappa shape index (κ2) is 6.30. The van der Waals surface area contributed by atoms with Crippen molar-refractivity contribution in [1.29, 1.82) is 0 Å². The standard InChI is InChI=1S/C11H10N2O.2ClH/c1-12-11(14)9-6-7-13-10-5-3-2-4-8(9)10;;/h2-7H,1H3,(H,12,14);2*1H. The van der Waals surface area contributed by atoms with Crippen molar-refractivity contribution < 1.29 is 4.79 Å². The Morgan fingerprint density at radius 3 is 2.56 bits per heavy atom. The molecule has 1 heterocycles. The number of halogens is 2. The summed E-state index contributed by atoms with van der Waals surface area (Å²) in [4.78, 5) is 15.7. The van der Waals surface area contributed by atoms with Gasteiger partial charge < -0.3 is 5.32 Å². The lowest BCUT2D eigenvalue weighted by Crippen LogP contribution is -2.18. The average molecular weight is 259 g/mol. The van der Waals surface area contributed by atoms with Crippen molar-refractivity contribution in [3.05, 3.63) is 42.1 Å². The Bertz CT molecular complexity index is 483. The lowest BCUT2D eigenvalue weighted by atomic mass is 10.1. The van der Waals surface area contributed by atoms with Gasteiger partial charge in [0.25, 0.3) is 5.91 Å². The largest absolute Gasteiger partial charge is 0.355 e. The molecule has 0 aliphatic heterocycles. The predicted octanol–water partition coefficient (Wildman–Crippen LogP) is 2.44. The number of amides is 1. The molecule has 86 valence electrons. The van der Waals surface area contributed by atoms with Gasteiger partial charge in [-0.1, -0.05) is 18.2 Å². The Morgan fingerprint density at radius 1 is 1.19 bits per heavy atom.